The minimum atomic E-state index is -3.49. The number of fused-ring (bicyclic) bond motifs is 1. The molecule has 148 valence electrons. The van der Waals surface area contributed by atoms with Crippen molar-refractivity contribution in [1.29, 1.82) is 0 Å². The normalized spacial score (nSPS) is 12.3. The summed E-state index contributed by atoms with van der Waals surface area (Å²) in [6.07, 6.45) is 1.03. The van der Waals surface area contributed by atoms with Gasteiger partial charge in [0.2, 0.25) is 0 Å². The second-order valence-corrected chi connectivity index (χ2v) is 9.13. The van der Waals surface area contributed by atoms with Gasteiger partial charge in [0.15, 0.2) is 11.2 Å². The molecule has 27 heavy (non-hydrogen) atoms. The van der Waals surface area contributed by atoms with Crippen LogP contribution in [0.25, 0.3) is 10.9 Å². The van der Waals surface area contributed by atoms with Crippen LogP contribution >= 0.6 is 7.60 Å². The molecule has 0 spiro atoms. The van der Waals surface area contributed by atoms with Gasteiger partial charge in [0, 0.05) is 18.0 Å². The maximum absolute atomic E-state index is 13.3. The molecule has 0 amide bonds. The van der Waals surface area contributed by atoms with E-state index in [1.54, 1.807) is 51.3 Å². The Kier molecular flexibility index (Phi) is 6.79. The Morgan fingerprint density at radius 3 is 2.26 bits per heavy atom. The number of hydrogen-bond donors (Lipinski definition) is 0. The Hall–Kier alpha value is -1.75. The van der Waals surface area contributed by atoms with Crippen LogP contribution in [-0.4, -0.2) is 22.6 Å². The summed E-state index contributed by atoms with van der Waals surface area (Å²) in [7, 11) is -3.49. The van der Waals surface area contributed by atoms with Gasteiger partial charge < -0.3 is 13.6 Å². The Morgan fingerprint density at radius 1 is 1.15 bits per heavy atom. The number of aromatic nitrogens is 1. The molecule has 1 heterocycles. The number of ketones is 1. The van der Waals surface area contributed by atoms with Gasteiger partial charge in [0.1, 0.15) is 6.29 Å². The SMILES string of the molecule is CCC(=O)c1cn(CP(=O)(OC(C)C)OC(C)C)c2ccc(C)cc2c1=O. The first-order valence-electron chi connectivity index (χ1n) is 9.19. The second kappa shape index (κ2) is 8.51. The van der Waals surface area contributed by atoms with E-state index >= 15 is 0 Å². The molecule has 0 aliphatic heterocycles. The van der Waals surface area contributed by atoms with Crippen molar-refractivity contribution in [3.05, 3.63) is 45.7 Å². The van der Waals surface area contributed by atoms with Crippen LogP contribution in [0.1, 0.15) is 57.0 Å². The van der Waals surface area contributed by atoms with Gasteiger partial charge >= 0.3 is 7.60 Å². The topological polar surface area (TPSA) is 74.6 Å². The van der Waals surface area contributed by atoms with Crippen molar-refractivity contribution in [3.8, 4) is 0 Å². The number of aryl methyl sites for hydroxylation is 1. The van der Waals surface area contributed by atoms with Gasteiger partial charge in [-0.3, -0.25) is 14.2 Å². The maximum atomic E-state index is 13.3. The summed E-state index contributed by atoms with van der Waals surface area (Å²) >= 11 is 0. The van der Waals surface area contributed by atoms with Crippen molar-refractivity contribution in [2.24, 2.45) is 0 Å². The summed E-state index contributed by atoms with van der Waals surface area (Å²) in [5.41, 5.74) is 1.29. The van der Waals surface area contributed by atoms with E-state index in [0.717, 1.165) is 5.56 Å². The molecule has 7 heteroatoms. The molecule has 6 nitrogen and oxygen atoms in total. The van der Waals surface area contributed by atoms with Crippen LogP contribution in [0.2, 0.25) is 0 Å². The lowest BCUT2D eigenvalue weighted by molar-refractivity contribution is 0.0986. The highest BCUT2D eigenvalue weighted by atomic mass is 31.2. The minimum absolute atomic E-state index is 0.0762. The van der Waals surface area contributed by atoms with Gasteiger partial charge in [-0.05, 0) is 46.8 Å². The van der Waals surface area contributed by atoms with Crippen molar-refractivity contribution in [2.75, 3.05) is 0 Å². The third kappa shape index (κ3) is 5.16. The average Bonchev–Trinajstić information content (AvgIpc) is 2.55. The lowest BCUT2D eigenvalue weighted by Gasteiger charge is -2.24. The number of nitrogens with zero attached hydrogens (tertiary/aromatic N) is 1. The molecule has 0 N–H and O–H groups in total. The highest BCUT2D eigenvalue weighted by molar-refractivity contribution is 7.52. The second-order valence-electron chi connectivity index (χ2n) is 7.20. The number of rotatable bonds is 8. The number of carbonyl (C=O) groups is 1. The molecule has 1 aromatic heterocycles. The van der Waals surface area contributed by atoms with Crippen molar-refractivity contribution < 1.29 is 18.4 Å². The molecule has 2 aromatic rings. The van der Waals surface area contributed by atoms with Gasteiger partial charge in [0.25, 0.3) is 0 Å². The number of Topliss-reactive ketones (excluding diaryl/α,β-unsaturated/α-hetero) is 1. The van der Waals surface area contributed by atoms with Crippen LogP contribution in [0.15, 0.2) is 29.2 Å². The number of carbonyl (C=O) groups excluding carboxylic acids is 1. The molecule has 0 unspecified atom stereocenters. The van der Waals surface area contributed by atoms with Gasteiger partial charge in [-0.2, -0.15) is 0 Å². The number of hydrogen-bond acceptors (Lipinski definition) is 5. The zero-order chi connectivity index (χ0) is 20.4. The third-order valence-corrected chi connectivity index (χ3v) is 6.06. The van der Waals surface area contributed by atoms with E-state index < -0.39 is 7.60 Å². The predicted octanol–water partition coefficient (Wildman–Crippen LogP) is 4.90. The molecule has 0 atom stereocenters. The van der Waals surface area contributed by atoms with E-state index in [1.165, 1.54) is 6.20 Å². The van der Waals surface area contributed by atoms with Crippen LogP contribution in [0.4, 0.5) is 0 Å². The lowest BCUT2D eigenvalue weighted by Crippen LogP contribution is -2.20. The summed E-state index contributed by atoms with van der Waals surface area (Å²) in [6.45, 7) is 10.7. The third-order valence-electron chi connectivity index (χ3n) is 3.93. The summed E-state index contributed by atoms with van der Waals surface area (Å²) < 4.78 is 26.2. The van der Waals surface area contributed by atoms with Gasteiger partial charge in [-0.25, -0.2) is 0 Å². The Labute approximate surface area is 160 Å². The van der Waals surface area contributed by atoms with Crippen molar-refractivity contribution in [1.82, 2.24) is 4.57 Å². The number of pyridine rings is 1. The highest BCUT2D eigenvalue weighted by Crippen LogP contribution is 2.52. The first-order chi connectivity index (χ1) is 12.6. The Morgan fingerprint density at radius 2 is 1.74 bits per heavy atom. The maximum Gasteiger partial charge on any atom is 0.350 e. The molecule has 0 saturated heterocycles. The van der Waals surface area contributed by atoms with Crippen LogP contribution in [0.5, 0.6) is 0 Å². The van der Waals surface area contributed by atoms with Crippen molar-refractivity contribution in [2.45, 2.75) is 66.5 Å². The summed E-state index contributed by atoms with van der Waals surface area (Å²) in [5.74, 6) is -0.249. The van der Waals surface area contributed by atoms with Crippen LogP contribution in [-0.2, 0) is 19.9 Å². The molecule has 0 saturated carbocycles. The average molecular weight is 393 g/mol. The minimum Gasteiger partial charge on any atom is -0.334 e. The van der Waals surface area contributed by atoms with E-state index in [2.05, 4.69) is 0 Å². The molecule has 0 aliphatic carbocycles. The van der Waals surface area contributed by atoms with Crippen molar-refractivity contribution >= 4 is 24.3 Å². The van der Waals surface area contributed by atoms with Crippen molar-refractivity contribution in [3.63, 3.8) is 0 Å². The Bertz CT molecular complexity index is 931. The zero-order valence-corrected chi connectivity index (χ0v) is 17.7. The summed E-state index contributed by atoms with van der Waals surface area (Å²) in [5, 5.41) is 0.426. The van der Waals surface area contributed by atoms with Gasteiger partial charge in [-0.1, -0.05) is 18.6 Å². The molecule has 0 bridgehead atoms. The van der Waals surface area contributed by atoms with E-state index in [4.69, 9.17) is 9.05 Å². The van der Waals surface area contributed by atoms with Gasteiger partial charge in [-0.15, -0.1) is 0 Å². The summed E-state index contributed by atoms with van der Waals surface area (Å²) in [4.78, 5) is 25.1. The fourth-order valence-corrected chi connectivity index (χ4v) is 5.01. The van der Waals surface area contributed by atoms with Crippen LogP contribution in [0, 0.1) is 6.92 Å². The van der Waals surface area contributed by atoms with Gasteiger partial charge in [0.05, 0.1) is 23.3 Å². The standard InChI is InChI=1S/C20H28NO5P/c1-7-19(22)17-11-21(12-27(24,25-13(2)3)26-14(4)5)18-9-8-15(6)10-16(18)20(17)23/h8-11,13-14H,7,12H2,1-6H3. The zero-order valence-electron chi connectivity index (χ0n) is 16.8. The van der Waals surface area contributed by atoms with E-state index in [9.17, 15) is 14.2 Å². The van der Waals surface area contributed by atoms with Crippen LogP contribution in [0.3, 0.4) is 0 Å². The summed E-state index contributed by atoms with van der Waals surface area (Å²) in [6, 6.07) is 5.41. The van der Waals surface area contributed by atoms with Crippen LogP contribution < -0.4 is 5.43 Å². The first kappa shape index (κ1) is 21.5. The smallest absolute Gasteiger partial charge is 0.334 e. The molecule has 1 aromatic carbocycles. The quantitative estimate of drug-likeness (QED) is 0.471. The largest absolute Gasteiger partial charge is 0.350 e. The fraction of sp³-hybridized carbons (Fsp3) is 0.500. The monoisotopic (exact) mass is 393 g/mol. The highest BCUT2D eigenvalue weighted by Gasteiger charge is 2.29. The predicted molar refractivity (Wildman–Crippen MR) is 108 cm³/mol. The fourth-order valence-electron chi connectivity index (χ4n) is 2.94. The lowest BCUT2D eigenvalue weighted by atomic mass is 10.1. The Balaban J connectivity index is 2.68. The van der Waals surface area contributed by atoms with E-state index in [1.807, 2.05) is 13.0 Å². The molecule has 0 aliphatic rings. The van der Waals surface area contributed by atoms with E-state index in [0.29, 0.717) is 10.9 Å². The van der Waals surface area contributed by atoms with E-state index in [-0.39, 0.29) is 41.7 Å². The molecular formula is C20H28NO5P. The molecule has 0 fully saturated rings. The molecule has 2 rings (SSSR count). The molecule has 0 radical (unpaired) electrons. The first-order valence-corrected chi connectivity index (χ1v) is 10.9. The molecular weight excluding hydrogens is 365 g/mol. The number of benzene rings is 1.